The summed E-state index contributed by atoms with van der Waals surface area (Å²) >= 11 is 0. The van der Waals surface area contributed by atoms with E-state index in [1.807, 2.05) is 80.8 Å². The van der Waals surface area contributed by atoms with Crippen LogP contribution in [-0.2, 0) is 32.8 Å². The summed E-state index contributed by atoms with van der Waals surface area (Å²) in [6.07, 6.45) is 3.37. The van der Waals surface area contributed by atoms with Crippen LogP contribution in [0.4, 0.5) is 0 Å². The Morgan fingerprint density at radius 1 is 1.19 bits per heavy atom. The van der Waals surface area contributed by atoms with Crippen molar-refractivity contribution in [2.45, 2.75) is 77.9 Å². The molecule has 5 rings (SSSR count). The molecule has 3 aromatic rings. The van der Waals surface area contributed by atoms with Gasteiger partial charge < -0.3 is 24.8 Å². The van der Waals surface area contributed by atoms with Crippen molar-refractivity contribution in [3.8, 4) is 5.75 Å². The van der Waals surface area contributed by atoms with E-state index in [-0.39, 0.29) is 36.2 Å². The zero-order valence-corrected chi connectivity index (χ0v) is 25.6. The van der Waals surface area contributed by atoms with Gasteiger partial charge in [0.25, 0.3) is 0 Å². The van der Waals surface area contributed by atoms with Crippen molar-refractivity contribution in [3.63, 3.8) is 0 Å². The highest BCUT2D eigenvalue weighted by molar-refractivity contribution is 5.93. The molecular formula is C33H43N5O4. The fourth-order valence-corrected chi connectivity index (χ4v) is 7.14. The number of fused-ring (bicyclic) bond motifs is 5. The van der Waals surface area contributed by atoms with E-state index in [0.717, 1.165) is 33.6 Å². The molecule has 1 unspecified atom stereocenters. The molecule has 0 radical (unpaired) electrons. The largest absolute Gasteiger partial charge is 0.497 e. The van der Waals surface area contributed by atoms with Gasteiger partial charge in [0, 0.05) is 72.4 Å². The number of hydrogen-bond donors (Lipinski definition) is 2. The number of methoxy groups -OCH3 is 1. The van der Waals surface area contributed by atoms with E-state index in [9.17, 15) is 14.4 Å². The molecule has 0 spiro atoms. The van der Waals surface area contributed by atoms with Crippen LogP contribution < -0.4 is 10.1 Å². The Morgan fingerprint density at radius 2 is 1.95 bits per heavy atom. The third-order valence-corrected chi connectivity index (χ3v) is 9.11. The predicted molar refractivity (Wildman–Crippen MR) is 162 cm³/mol. The highest BCUT2D eigenvalue weighted by atomic mass is 16.5. The first-order valence-electron chi connectivity index (χ1n) is 15.1. The third-order valence-electron chi connectivity index (χ3n) is 9.11. The van der Waals surface area contributed by atoms with Crippen LogP contribution in [0.5, 0.6) is 5.75 Å². The van der Waals surface area contributed by atoms with Gasteiger partial charge in [0.2, 0.25) is 17.7 Å². The lowest BCUT2D eigenvalue weighted by Gasteiger charge is -2.54. The SMILES string of the molecule is COc1ccc2[nH]c3c(c2c1)CCN1C(=O)C(CC(=O)NCCc2ccccn2)C[C@H](C(=O)N(C(C)C)C(C)C)[C@@]31C. The van der Waals surface area contributed by atoms with Crippen molar-refractivity contribution in [2.24, 2.45) is 11.8 Å². The Morgan fingerprint density at radius 3 is 2.62 bits per heavy atom. The van der Waals surface area contributed by atoms with Crippen LogP contribution in [0.3, 0.4) is 0 Å². The summed E-state index contributed by atoms with van der Waals surface area (Å²) in [4.78, 5) is 53.4. The minimum absolute atomic E-state index is 0.00411. The van der Waals surface area contributed by atoms with Gasteiger partial charge >= 0.3 is 0 Å². The number of carbonyl (C=O) groups excluding carboxylic acids is 3. The first-order chi connectivity index (χ1) is 20.1. The molecule has 1 saturated heterocycles. The Kier molecular flexibility index (Phi) is 8.30. The molecule has 42 heavy (non-hydrogen) atoms. The number of piperidine rings is 1. The van der Waals surface area contributed by atoms with Gasteiger partial charge in [0.1, 0.15) is 5.75 Å². The van der Waals surface area contributed by atoms with Crippen LogP contribution >= 0.6 is 0 Å². The summed E-state index contributed by atoms with van der Waals surface area (Å²) in [5, 5.41) is 4.02. The molecule has 2 aliphatic heterocycles. The van der Waals surface area contributed by atoms with E-state index >= 15 is 0 Å². The maximum absolute atomic E-state index is 14.5. The second-order valence-electron chi connectivity index (χ2n) is 12.3. The normalized spacial score (nSPS) is 21.8. The lowest BCUT2D eigenvalue weighted by atomic mass is 9.67. The number of H-pyrrole nitrogens is 1. The van der Waals surface area contributed by atoms with Gasteiger partial charge in [-0.05, 0) is 83.4 Å². The monoisotopic (exact) mass is 573 g/mol. The number of hydrogen-bond acceptors (Lipinski definition) is 5. The molecule has 4 heterocycles. The Bertz CT molecular complexity index is 1460. The minimum atomic E-state index is -0.873. The van der Waals surface area contributed by atoms with Gasteiger partial charge in [-0.3, -0.25) is 19.4 Å². The molecule has 2 aromatic heterocycles. The quantitative estimate of drug-likeness (QED) is 0.399. The van der Waals surface area contributed by atoms with E-state index in [0.29, 0.717) is 32.4 Å². The molecule has 2 aliphatic rings. The number of carbonyl (C=O) groups is 3. The molecule has 0 bridgehead atoms. The molecule has 3 atom stereocenters. The molecule has 224 valence electrons. The topological polar surface area (TPSA) is 108 Å². The highest BCUT2D eigenvalue weighted by Crippen LogP contribution is 2.50. The summed E-state index contributed by atoms with van der Waals surface area (Å²) in [6, 6.07) is 11.6. The van der Waals surface area contributed by atoms with E-state index in [4.69, 9.17) is 4.74 Å². The van der Waals surface area contributed by atoms with Gasteiger partial charge in [-0.15, -0.1) is 0 Å². The average Bonchev–Trinajstić information content (AvgIpc) is 3.34. The minimum Gasteiger partial charge on any atom is -0.497 e. The number of aromatic amines is 1. The molecule has 2 N–H and O–H groups in total. The van der Waals surface area contributed by atoms with Gasteiger partial charge in [0.05, 0.1) is 18.6 Å². The summed E-state index contributed by atoms with van der Waals surface area (Å²) in [7, 11) is 1.65. The van der Waals surface area contributed by atoms with Crippen molar-refractivity contribution < 1.29 is 19.1 Å². The maximum atomic E-state index is 14.5. The fraction of sp³-hybridized carbons (Fsp3) is 0.515. The van der Waals surface area contributed by atoms with Crippen molar-refractivity contribution in [1.82, 2.24) is 25.1 Å². The maximum Gasteiger partial charge on any atom is 0.228 e. The highest BCUT2D eigenvalue weighted by Gasteiger charge is 2.57. The molecule has 1 aromatic carbocycles. The van der Waals surface area contributed by atoms with Crippen molar-refractivity contribution in [2.75, 3.05) is 20.2 Å². The predicted octanol–water partition coefficient (Wildman–Crippen LogP) is 4.20. The molecule has 1 fully saturated rings. The second kappa shape index (κ2) is 11.8. The van der Waals surface area contributed by atoms with Crippen LogP contribution in [0.2, 0.25) is 0 Å². The van der Waals surface area contributed by atoms with Crippen molar-refractivity contribution >= 4 is 28.6 Å². The van der Waals surface area contributed by atoms with Crippen LogP contribution in [0.15, 0.2) is 42.6 Å². The van der Waals surface area contributed by atoms with Crippen LogP contribution in [0.25, 0.3) is 10.9 Å². The molecule has 3 amide bonds. The lowest BCUT2D eigenvalue weighted by Crippen LogP contribution is -2.65. The summed E-state index contributed by atoms with van der Waals surface area (Å²) in [5.41, 5.74) is 3.02. The second-order valence-corrected chi connectivity index (χ2v) is 12.3. The molecule has 9 heteroatoms. The van der Waals surface area contributed by atoms with Crippen LogP contribution in [-0.4, -0.2) is 69.8 Å². The lowest BCUT2D eigenvalue weighted by molar-refractivity contribution is -0.166. The van der Waals surface area contributed by atoms with E-state index < -0.39 is 17.4 Å². The molecular weight excluding hydrogens is 530 g/mol. The number of ether oxygens (including phenoxy) is 1. The zero-order chi connectivity index (χ0) is 30.2. The van der Waals surface area contributed by atoms with Gasteiger partial charge in [-0.25, -0.2) is 0 Å². The molecule has 0 saturated carbocycles. The number of nitrogens with one attached hydrogen (secondary N) is 2. The molecule has 0 aliphatic carbocycles. The number of rotatable bonds is 9. The van der Waals surface area contributed by atoms with Crippen LogP contribution in [0.1, 0.15) is 64.4 Å². The number of nitrogens with zero attached hydrogens (tertiary/aromatic N) is 3. The van der Waals surface area contributed by atoms with E-state index in [1.165, 1.54) is 0 Å². The van der Waals surface area contributed by atoms with Crippen molar-refractivity contribution in [3.05, 3.63) is 59.5 Å². The Labute approximate surface area is 248 Å². The Balaban J connectivity index is 1.47. The Hall–Kier alpha value is -3.88. The van der Waals surface area contributed by atoms with Gasteiger partial charge in [0.15, 0.2) is 0 Å². The number of pyridine rings is 1. The van der Waals surface area contributed by atoms with Gasteiger partial charge in [-0.1, -0.05) is 6.07 Å². The first kappa shape index (κ1) is 29.6. The van der Waals surface area contributed by atoms with Crippen LogP contribution in [0, 0.1) is 11.8 Å². The third kappa shape index (κ3) is 5.25. The first-order valence-corrected chi connectivity index (χ1v) is 15.1. The standard InChI is InChI=1S/C33H43N5O4/c1-20(2)38(21(3)4)32(41)27-17-22(18-29(39)35-15-12-23-9-7-8-14-34-23)31(40)37-16-13-25-26-19-24(42-6)10-11-28(26)36-30(25)33(27,37)5/h7-11,14,19-22,27,36H,12-13,15-18H2,1-6H3,(H,35,39)/t22?,27-,33+/m1/s1. The summed E-state index contributed by atoms with van der Waals surface area (Å²) in [6.45, 7) is 11.1. The fourth-order valence-electron chi connectivity index (χ4n) is 7.14. The number of aromatic nitrogens is 2. The van der Waals surface area contributed by atoms with Crippen molar-refractivity contribution in [1.29, 1.82) is 0 Å². The average molecular weight is 574 g/mol. The summed E-state index contributed by atoms with van der Waals surface area (Å²) in [5.74, 6) is -0.550. The summed E-state index contributed by atoms with van der Waals surface area (Å²) < 4.78 is 5.50. The zero-order valence-electron chi connectivity index (χ0n) is 25.6. The number of benzene rings is 1. The smallest absolute Gasteiger partial charge is 0.228 e. The van der Waals surface area contributed by atoms with E-state index in [1.54, 1.807) is 13.3 Å². The van der Waals surface area contributed by atoms with E-state index in [2.05, 4.69) is 15.3 Å². The van der Waals surface area contributed by atoms with Gasteiger partial charge in [-0.2, -0.15) is 0 Å². The molecule has 9 nitrogen and oxygen atoms in total. The number of amides is 3.